The van der Waals surface area contributed by atoms with Gasteiger partial charge in [-0.3, -0.25) is 9.78 Å². The number of nitrogens with one attached hydrogen (secondary N) is 1. The van der Waals surface area contributed by atoms with E-state index in [0.29, 0.717) is 12.2 Å². The van der Waals surface area contributed by atoms with Gasteiger partial charge in [-0.1, -0.05) is 18.2 Å². The summed E-state index contributed by atoms with van der Waals surface area (Å²) in [6.07, 6.45) is 1.64. The number of pyridine rings is 1. The normalized spacial score (nSPS) is 10.3. The highest BCUT2D eigenvalue weighted by molar-refractivity contribution is 6.05. The smallest absolute Gasteiger partial charge is 0.276 e. The molecule has 1 aromatic heterocycles. The van der Waals surface area contributed by atoms with E-state index >= 15 is 0 Å². The Bertz CT molecular complexity index is 940. The van der Waals surface area contributed by atoms with E-state index < -0.39 is 0 Å². The van der Waals surface area contributed by atoms with Gasteiger partial charge in [0.05, 0.1) is 7.11 Å². The number of methoxy groups -OCH3 is 1. The number of hydrogen-bond donors (Lipinski definition) is 1. The van der Waals surface area contributed by atoms with Crippen molar-refractivity contribution in [2.75, 3.05) is 23.9 Å². The number of nitrogens with zero attached hydrogens (tertiary/aromatic N) is 2. The minimum Gasteiger partial charge on any atom is -0.497 e. The average Bonchev–Trinajstić information content (AvgIpc) is 2.69. The summed E-state index contributed by atoms with van der Waals surface area (Å²) in [5.74, 6) is 0.638. The Balaban J connectivity index is 1.84. The predicted octanol–water partition coefficient (Wildman–Crippen LogP) is 4.81. The van der Waals surface area contributed by atoms with Gasteiger partial charge in [-0.15, -0.1) is 0 Å². The molecule has 3 aromatic rings. The van der Waals surface area contributed by atoms with Gasteiger partial charge in [0.25, 0.3) is 5.91 Å². The first-order valence-electron chi connectivity index (χ1n) is 8.86. The second-order valence-electron chi connectivity index (χ2n) is 6.18. The van der Waals surface area contributed by atoms with Crippen LogP contribution in [0.4, 0.5) is 17.1 Å². The minimum atomic E-state index is -0.127. The highest BCUT2D eigenvalue weighted by Crippen LogP contribution is 2.23. The molecule has 0 saturated heterocycles. The highest BCUT2D eigenvalue weighted by atomic mass is 16.5. The summed E-state index contributed by atoms with van der Waals surface area (Å²) in [4.78, 5) is 19.0. The molecule has 0 saturated carbocycles. The largest absolute Gasteiger partial charge is 0.497 e. The van der Waals surface area contributed by atoms with Crippen LogP contribution >= 0.6 is 0 Å². The van der Waals surface area contributed by atoms with Crippen molar-refractivity contribution in [3.05, 3.63) is 78.1 Å². The van der Waals surface area contributed by atoms with Crippen LogP contribution < -0.4 is 15.0 Å². The van der Waals surface area contributed by atoms with Crippen LogP contribution in [0.1, 0.15) is 23.0 Å². The fourth-order valence-electron chi connectivity index (χ4n) is 2.87. The zero-order valence-electron chi connectivity index (χ0n) is 15.8. The van der Waals surface area contributed by atoms with Crippen molar-refractivity contribution in [1.82, 2.24) is 4.98 Å². The third-order valence-electron chi connectivity index (χ3n) is 4.21. The van der Waals surface area contributed by atoms with Gasteiger partial charge >= 0.3 is 0 Å². The van der Waals surface area contributed by atoms with E-state index in [0.717, 1.165) is 28.4 Å². The average molecular weight is 361 g/mol. The van der Waals surface area contributed by atoms with Gasteiger partial charge in [0.1, 0.15) is 11.4 Å². The molecule has 1 heterocycles. The molecule has 5 nitrogen and oxygen atoms in total. The molecule has 0 aliphatic rings. The molecule has 0 fully saturated rings. The molecule has 2 aromatic carbocycles. The maximum absolute atomic E-state index is 13.0. The molecule has 1 N–H and O–H groups in total. The van der Waals surface area contributed by atoms with E-state index in [2.05, 4.69) is 10.3 Å². The number of anilines is 3. The van der Waals surface area contributed by atoms with E-state index in [1.54, 1.807) is 24.3 Å². The summed E-state index contributed by atoms with van der Waals surface area (Å²) in [5.41, 5.74) is 4.05. The number of amides is 1. The van der Waals surface area contributed by atoms with Crippen molar-refractivity contribution in [3.8, 4) is 5.75 Å². The van der Waals surface area contributed by atoms with Crippen LogP contribution in [0.15, 0.2) is 66.9 Å². The van der Waals surface area contributed by atoms with Crippen LogP contribution in [-0.2, 0) is 0 Å². The second kappa shape index (κ2) is 8.36. The molecule has 27 heavy (non-hydrogen) atoms. The highest BCUT2D eigenvalue weighted by Gasteiger charge is 2.18. The Hall–Kier alpha value is -3.34. The number of carbonyl (C=O) groups excluding carboxylic acids is 1. The SMILES string of the molecule is CCN(C(=O)c1cc(Nc2cccc(OC)c2)ccn1)c1cccc(C)c1. The van der Waals surface area contributed by atoms with Crippen molar-refractivity contribution < 1.29 is 9.53 Å². The fraction of sp³-hybridized carbons (Fsp3) is 0.182. The molecule has 5 heteroatoms. The van der Waals surface area contributed by atoms with Crippen LogP contribution in [0.2, 0.25) is 0 Å². The van der Waals surface area contributed by atoms with Crippen LogP contribution in [0.5, 0.6) is 5.75 Å². The molecule has 0 aliphatic heterocycles. The van der Waals surface area contributed by atoms with Crippen LogP contribution in [-0.4, -0.2) is 24.5 Å². The first-order valence-corrected chi connectivity index (χ1v) is 8.86. The van der Waals surface area contributed by atoms with Crippen molar-refractivity contribution in [2.45, 2.75) is 13.8 Å². The zero-order chi connectivity index (χ0) is 19.2. The number of ether oxygens (including phenoxy) is 1. The Morgan fingerprint density at radius 2 is 1.85 bits per heavy atom. The summed E-state index contributed by atoms with van der Waals surface area (Å²) in [5, 5.41) is 3.29. The van der Waals surface area contributed by atoms with Crippen LogP contribution in [0, 0.1) is 6.92 Å². The molecule has 0 aliphatic carbocycles. The first-order chi connectivity index (χ1) is 13.1. The van der Waals surface area contributed by atoms with E-state index in [9.17, 15) is 4.79 Å². The van der Waals surface area contributed by atoms with Gasteiger partial charge in [-0.05, 0) is 55.8 Å². The van der Waals surface area contributed by atoms with Crippen molar-refractivity contribution in [2.24, 2.45) is 0 Å². The molecular weight excluding hydrogens is 338 g/mol. The Kier molecular flexibility index (Phi) is 5.71. The molecule has 0 unspecified atom stereocenters. The number of hydrogen-bond acceptors (Lipinski definition) is 4. The van der Waals surface area contributed by atoms with E-state index in [4.69, 9.17) is 4.74 Å². The first kappa shape index (κ1) is 18.5. The second-order valence-corrected chi connectivity index (χ2v) is 6.18. The molecule has 0 spiro atoms. The fourth-order valence-corrected chi connectivity index (χ4v) is 2.87. The third-order valence-corrected chi connectivity index (χ3v) is 4.21. The van der Waals surface area contributed by atoms with Gasteiger partial charge in [0.15, 0.2) is 0 Å². The summed E-state index contributed by atoms with van der Waals surface area (Å²) in [6, 6.07) is 19.1. The number of rotatable bonds is 6. The maximum Gasteiger partial charge on any atom is 0.276 e. The van der Waals surface area contributed by atoms with E-state index in [-0.39, 0.29) is 5.91 Å². The molecule has 3 rings (SSSR count). The Labute approximate surface area is 159 Å². The van der Waals surface area contributed by atoms with Crippen LogP contribution in [0.3, 0.4) is 0 Å². The lowest BCUT2D eigenvalue weighted by atomic mass is 10.2. The molecule has 1 amide bonds. The summed E-state index contributed by atoms with van der Waals surface area (Å²) in [7, 11) is 1.63. The predicted molar refractivity (Wildman–Crippen MR) is 109 cm³/mol. The summed E-state index contributed by atoms with van der Waals surface area (Å²) >= 11 is 0. The lowest BCUT2D eigenvalue weighted by molar-refractivity contribution is 0.0983. The summed E-state index contributed by atoms with van der Waals surface area (Å²) in [6.45, 7) is 4.54. The topological polar surface area (TPSA) is 54.5 Å². The lowest BCUT2D eigenvalue weighted by Gasteiger charge is -2.21. The molecule has 138 valence electrons. The number of benzene rings is 2. The third kappa shape index (κ3) is 4.44. The van der Waals surface area contributed by atoms with E-state index in [1.807, 2.05) is 68.4 Å². The van der Waals surface area contributed by atoms with Crippen LogP contribution in [0.25, 0.3) is 0 Å². The van der Waals surface area contributed by atoms with Crippen molar-refractivity contribution in [1.29, 1.82) is 0 Å². The number of aryl methyl sites for hydroxylation is 1. The van der Waals surface area contributed by atoms with Gasteiger partial charge < -0.3 is 15.0 Å². The van der Waals surface area contributed by atoms with Gasteiger partial charge in [0, 0.05) is 35.9 Å². The Morgan fingerprint density at radius 1 is 1.07 bits per heavy atom. The monoisotopic (exact) mass is 361 g/mol. The summed E-state index contributed by atoms with van der Waals surface area (Å²) < 4.78 is 5.25. The van der Waals surface area contributed by atoms with Crippen molar-refractivity contribution in [3.63, 3.8) is 0 Å². The molecular formula is C22H23N3O2. The van der Waals surface area contributed by atoms with Gasteiger partial charge in [-0.25, -0.2) is 0 Å². The maximum atomic E-state index is 13.0. The molecule has 0 atom stereocenters. The van der Waals surface area contributed by atoms with E-state index in [1.165, 1.54) is 0 Å². The Morgan fingerprint density at radius 3 is 2.59 bits per heavy atom. The quantitative estimate of drug-likeness (QED) is 0.685. The lowest BCUT2D eigenvalue weighted by Crippen LogP contribution is -2.31. The number of aromatic nitrogens is 1. The van der Waals surface area contributed by atoms with Gasteiger partial charge in [0.2, 0.25) is 0 Å². The van der Waals surface area contributed by atoms with Crippen molar-refractivity contribution >= 4 is 23.0 Å². The zero-order valence-corrected chi connectivity index (χ0v) is 15.8. The minimum absolute atomic E-state index is 0.127. The molecule has 0 radical (unpaired) electrons. The van der Waals surface area contributed by atoms with Gasteiger partial charge in [-0.2, -0.15) is 0 Å². The molecule has 0 bridgehead atoms. The number of carbonyl (C=O) groups is 1. The standard InChI is InChI=1S/C22H23N3O2/c1-4-25(19-9-5-7-16(2)13-19)22(26)21-15-18(11-12-23-21)24-17-8-6-10-20(14-17)27-3/h5-15H,4H2,1-3H3,(H,23,24).